The fourth-order valence-electron chi connectivity index (χ4n) is 1.95. The van der Waals surface area contributed by atoms with Gasteiger partial charge in [0.1, 0.15) is 0 Å². The maximum absolute atomic E-state index is 5.59. The smallest absolute Gasteiger partial charge is 0.193 e. The van der Waals surface area contributed by atoms with Crippen LogP contribution in [-0.2, 0) is 4.74 Å². The second kappa shape index (κ2) is 10.8. The molecule has 1 N–H and O–H groups in total. The highest BCUT2D eigenvalue weighted by Crippen LogP contribution is 2.11. The molecule has 0 aliphatic carbocycles. The van der Waals surface area contributed by atoms with Crippen molar-refractivity contribution in [1.29, 1.82) is 0 Å². The first-order valence-corrected chi connectivity index (χ1v) is 6.89. The van der Waals surface area contributed by atoms with Gasteiger partial charge in [0, 0.05) is 26.7 Å². The molecule has 1 unspecified atom stereocenters. The topological polar surface area (TPSA) is 36.9 Å². The maximum atomic E-state index is 5.59. The average Bonchev–Trinajstić information content (AvgIpc) is 2.84. The van der Waals surface area contributed by atoms with E-state index in [1.807, 2.05) is 0 Å². The Hall–Kier alpha value is -0.0400. The minimum absolute atomic E-state index is 0. The standard InChI is InChI=1S/C13H27N3O.HI/c1-4-6-9-16(3)13(14-5-2)15-11-12-8-7-10-17-12;/h12H,4-11H2,1-3H3,(H,14,15);1H. The third-order valence-corrected chi connectivity index (χ3v) is 3.01. The van der Waals surface area contributed by atoms with Gasteiger partial charge in [0.15, 0.2) is 5.96 Å². The molecule has 0 amide bonds. The Labute approximate surface area is 129 Å². The van der Waals surface area contributed by atoms with Crippen LogP contribution in [0, 0.1) is 0 Å². The molecule has 0 aromatic rings. The van der Waals surface area contributed by atoms with Crippen molar-refractivity contribution in [2.24, 2.45) is 4.99 Å². The second-order valence-corrected chi connectivity index (χ2v) is 4.60. The summed E-state index contributed by atoms with van der Waals surface area (Å²) in [6.45, 7) is 8.00. The van der Waals surface area contributed by atoms with Gasteiger partial charge in [-0.05, 0) is 26.2 Å². The van der Waals surface area contributed by atoms with Crippen molar-refractivity contribution in [3.05, 3.63) is 0 Å². The fourth-order valence-corrected chi connectivity index (χ4v) is 1.95. The summed E-state index contributed by atoms with van der Waals surface area (Å²) in [5.41, 5.74) is 0. The minimum Gasteiger partial charge on any atom is -0.376 e. The molecular formula is C13H28IN3O. The van der Waals surface area contributed by atoms with E-state index in [0.717, 1.165) is 38.6 Å². The highest BCUT2D eigenvalue weighted by atomic mass is 127. The summed E-state index contributed by atoms with van der Waals surface area (Å²) in [6.07, 6.45) is 5.10. The molecule has 0 bridgehead atoms. The van der Waals surface area contributed by atoms with Crippen molar-refractivity contribution < 1.29 is 4.74 Å². The fraction of sp³-hybridized carbons (Fsp3) is 0.923. The molecule has 18 heavy (non-hydrogen) atoms. The molecule has 1 heterocycles. The van der Waals surface area contributed by atoms with Crippen LogP contribution < -0.4 is 5.32 Å². The van der Waals surface area contributed by atoms with Crippen LogP contribution in [0.1, 0.15) is 39.5 Å². The molecule has 1 rings (SSSR count). The van der Waals surface area contributed by atoms with Crippen molar-refractivity contribution in [2.75, 3.05) is 33.3 Å². The first-order valence-electron chi connectivity index (χ1n) is 6.89. The molecule has 0 spiro atoms. The lowest BCUT2D eigenvalue weighted by molar-refractivity contribution is 0.117. The SMILES string of the molecule is CCCCN(C)C(=NCC1CCCO1)NCC.I. The Kier molecular flexibility index (Phi) is 10.8. The molecule has 0 aromatic heterocycles. The van der Waals surface area contributed by atoms with E-state index in [9.17, 15) is 0 Å². The molecule has 5 heteroatoms. The molecule has 1 aliphatic heterocycles. The third kappa shape index (κ3) is 6.78. The van der Waals surface area contributed by atoms with Crippen molar-refractivity contribution >= 4 is 29.9 Å². The number of ether oxygens (including phenoxy) is 1. The summed E-state index contributed by atoms with van der Waals surface area (Å²) < 4.78 is 5.59. The van der Waals surface area contributed by atoms with Crippen LogP contribution in [0.3, 0.4) is 0 Å². The second-order valence-electron chi connectivity index (χ2n) is 4.60. The van der Waals surface area contributed by atoms with Crippen molar-refractivity contribution in [2.45, 2.75) is 45.6 Å². The predicted molar refractivity (Wildman–Crippen MR) is 87.9 cm³/mol. The number of nitrogens with zero attached hydrogens (tertiary/aromatic N) is 2. The Bertz CT molecular complexity index is 230. The monoisotopic (exact) mass is 369 g/mol. The first kappa shape index (κ1) is 18.0. The molecule has 1 saturated heterocycles. The summed E-state index contributed by atoms with van der Waals surface area (Å²) in [6, 6.07) is 0. The quantitative estimate of drug-likeness (QED) is 0.444. The van der Waals surface area contributed by atoms with Gasteiger partial charge in [-0.1, -0.05) is 13.3 Å². The third-order valence-electron chi connectivity index (χ3n) is 3.01. The van der Waals surface area contributed by atoms with Crippen LogP contribution in [0.4, 0.5) is 0 Å². The van der Waals surface area contributed by atoms with Gasteiger partial charge >= 0.3 is 0 Å². The van der Waals surface area contributed by atoms with Crippen LogP contribution in [-0.4, -0.2) is 50.3 Å². The van der Waals surface area contributed by atoms with Crippen LogP contribution in [0.2, 0.25) is 0 Å². The summed E-state index contributed by atoms with van der Waals surface area (Å²) >= 11 is 0. The van der Waals surface area contributed by atoms with Crippen LogP contribution in [0.5, 0.6) is 0 Å². The molecule has 1 fully saturated rings. The van der Waals surface area contributed by atoms with E-state index in [0.29, 0.717) is 6.10 Å². The minimum atomic E-state index is 0. The van der Waals surface area contributed by atoms with Crippen LogP contribution in [0.15, 0.2) is 4.99 Å². The number of aliphatic imine (C=N–C) groups is 1. The summed E-state index contributed by atoms with van der Waals surface area (Å²) in [5, 5.41) is 3.34. The van der Waals surface area contributed by atoms with Crippen molar-refractivity contribution in [3.63, 3.8) is 0 Å². The predicted octanol–water partition coefficient (Wildman–Crippen LogP) is 2.48. The lowest BCUT2D eigenvalue weighted by Gasteiger charge is -2.22. The first-order chi connectivity index (χ1) is 8.27. The number of halogens is 1. The van der Waals surface area contributed by atoms with E-state index in [4.69, 9.17) is 4.74 Å². The number of nitrogens with one attached hydrogen (secondary N) is 1. The molecule has 0 saturated carbocycles. The van der Waals surface area contributed by atoms with E-state index in [1.165, 1.54) is 19.3 Å². The molecular weight excluding hydrogens is 341 g/mol. The Morgan fingerprint density at radius 3 is 2.78 bits per heavy atom. The molecule has 1 aliphatic rings. The highest BCUT2D eigenvalue weighted by Gasteiger charge is 2.15. The molecule has 108 valence electrons. The summed E-state index contributed by atoms with van der Waals surface area (Å²) in [5.74, 6) is 1.01. The zero-order valence-electron chi connectivity index (χ0n) is 11.9. The lowest BCUT2D eigenvalue weighted by atomic mass is 10.2. The summed E-state index contributed by atoms with van der Waals surface area (Å²) in [7, 11) is 2.10. The van der Waals surface area contributed by atoms with Gasteiger partial charge in [0.2, 0.25) is 0 Å². The van der Waals surface area contributed by atoms with Gasteiger partial charge < -0.3 is 15.0 Å². The number of hydrogen-bond donors (Lipinski definition) is 1. The van der Waals surface area contributed by atoms with Gasteiger partial charge in [0.05, 0.1) is 12.6 Å². The summed E-state index contributed by atoms with van der Waals surface area (Å²) in [4.78, 5) is 6.87. The van der Waals surface area contributed by atoms with Crippen molar-refractivity contribution in [1.82, 2.24) is 10.2 Å². The van der Waals surface area contributed by atoms with Gasteiger partial charge in [-0.25, -0.2) is 0 Å². The van der Waals surface area contributed by atoms with E-state index in [1.54, 1.807) is 0 Å². The Balaban J connectivity index is 0.00000289. The molecule has 0 aromatic carbocycles. The normalized spacial score (nSPS) is 19.5. The maximum Gasteiger partial charge on any atom is 0.193 e. The Morgan fingerprint density at radius 1 is 1.44 bits per heavy atom. The zero-order chi connectivity index (χ0) is 12.5. The van der Waals surface area contributed by atoms with Gasteiger partial charge in [-0.15, -0.1) is 24.0 Å². The number of hydrogen-bond acceptors (Lipinski definition) is 2. The number of guanidine groups is 1. The van der Waals surface area contributed by atoms with E-state index >= 15 is 0 Å². The van der Waals surface area contributed by atoms with Crippen molar-refractivity contribution in [3.8, 4) is 0 Å². The molecule has 1 atom stereocenters. The highest BCUT2D eigenvalue weighted by molar-refractivity contribution is 14.0. The number of rotatable bonds is 6. The lowest BCUT2D eigenvalue weighted by Crippen LogP contribution is -2.39. The van der Waals surface area contributed by atoms with Gasteiger partial charge in [-0.2, -0.15) is 0 Å². The molecule has 4 nitrogen and oxygen atoms in total. The largest absolute Gasteiger partial charge is 0.376 e. The van der Waals surface area contributed by atoms with E-state index in [2.05, 4.69) is 36.1 Å². The molecule has 0 radical (unpaired) electrons. The van der Waals surface area contributed by atoms with Crippen LogP contribution >= 0.6 is 24.0 Å². The van der Waals surface area contributed by atoms with Gasteiger partial charge in [0.25, 0.3) is 0 Å². The van der Waals surface area contributed by atoms with E-state index in [-0.39, 0.29) is 24.0 Å². The van der Waals surface area contributed by atoms with Crippen LogP contribution in [0.25, 0.3) is 0 Å². The number of unbranched alkanes of at least 4 members (excludes halogenated alkanes) is 1. The van der Waals surface area contributed by atoms with E-state index < -0.39 is 0 Å². The van der Waals surface area contributed by atoms with Gasteiger partial charge in [-0.3, -0.25) is 4.99 Å². The Morgan fingerprint density at radius 2 is 2.22 bits per heavy atom. The zero-order valence-corrected chi connectivity index (χ0v) is 14.3. The average molecular weight is 369 g/mol.